The van der Waals surface area contributed by atoms with Gasteiger partial charge in [-0.2, -0.15) is 5.10 Å². The molecule has 1 aliphatic rings. The maximum Gasteiger partial charge on any atom is 0.258 e. The van der Waals surface area contributed by atoms with E-state index in [0.717, 1.165) is 40.2 Å². The third-order valence-electron chi connectivity index (χ3n) is 5.34. The Morgan fingerprint density at radius 3 is 2.60 bits per heavy atom. The molecular weight excluding hydrogens is 442 g/mol. The minimum absolute atomic E-state index is 0.190. The van der Waals surface area contributed by atoms with Gasteiger partial charge in [0.05, 0.1) is 17.4 Å². The second-order valence-corrected chi connectivity index (χ2v) is 8.28. The number of aryl methyl sites for hydroxylation is 1. The molecule has 0 bridgehead atoms. The maximum atomic E-state index is 12.6. The van der Waals surface area contributed by atoms with Crippen molar-refractivity contribution in [2.24, 2.45) is 0 Å². The second-order valence-electron chi connectivity index (χ2n) is 7.36. The summed E-state index contributed by atoms with van der Waals surface area (Å²) in [5, 5.41) is 7.24. The summed E-state index contributed by atoms with van der Waals surface area (Å²) in [6, 6.07) is 15.6. The van der Waals surface area contributed by atoms with E-state index in [4.69, 9.17) is 0 Å². The Hall–Kier alpha value is -3.19. The van der Waals surface area contributed by atoms with Crippen molar-refractivity contribution >= 4 is 27.5 Å². The number of fused-ring (bicyclic) bond motifs is 1. The van der Waals surface area contributed by atoms with E-state index >= 15 is 0 Å². The van der Waals surface area contributed by atoms with Crippen molar-refractivity contribution in [1.29, 1.82) is 0 Å². The highest BCUT2D eigenvalue weighted by Gasteiger charge is 2.15. The van der Waals surface area contributed by atoms with Crippen LogP contribution in [-0.2, 0) is 13.0 Å². The zero-order valence-electron chi connectivity index (χ0n) is 16.3. The topological polar surface area (TPSA) is 64.7 Å². The molecule has 0 radical (unpaired) electrons. The van der Waals surface area contributed by atoms with Crippen LogP contribution in [-0.4, -0.2) is 25.2 Å². The molecule has 6 nitrogen and oxygen atoms in total. The molecule has 5 rings (SSSR count). The molecule has 1 N–H and O–H groups in total. The predicted octanol–water partition coefficient (Wildman–Crippen LogP) is 5.09. The van der Waals surface area contributed by atoms with Crippen molar-refractivity contribution in [3.8, 4) is 17.1 Å². The fourth-order valence-electron chi connectivity index (χ4n) is 3.75. The summed E-state index contributed by atoms with van der Waals surface area (Å²) < 4.78 is 4.98. The minimum atomic E-state index is -0.190. The van der Waals surface area contributed by atoms with Gasteiger partial charge >= 0.3 is 0 Å². The molecule has 2 aromatic carbocycles. The van der Waals surface area contributed by atoms with Gasteiger partial charge < -0.3 is 9.88 Å². The van der Waals surface area contributed by atoms with Crippen molar-refractivity contribution in [2.75, 3.05) is 5.32 Å². The van der Waals surface area contributed by atoms with Crippen molar-refractivity contribution < 1.29 is 4.79 Å². The first kappa shape index (κ1) is 18.8. The molecule has 4 aromatic rings. The Morgan fingerprint density at radius 1 is 1.00 bits per heavy atom. The maximum absolute atomic E-state index is 12.6. The highest BCUT2D eigenvalue weighted by molar-refractivity contribution is 9.10. The minimum Gasteiger partial charge on any atom is -0.328 e. The SMILES string of the molecule is O=C(Nc1ccc(-c2ncc3n2CCCC3)cc1)c1cnn(-c2ccc(Br)cc2)c1. The number of rotatable bonds is 4. The number of hydrogen-bond donors (Lipinski definition) is 1. The van der Waals surface area contributed by atoms with E-state index in [-0.39, 0.29) is 5.91 Å². The molecule has 2 aromatic heterocycles. The van der Waals surface area contributed by atoms with Crippen LogP contribution in [0.1, 0.15) is 28.9 Å². The van der Waals surface area contributed by atoms with E-state index < -0.39 is 0 Å². The number of nitrogens with zero attached hydrogens (tertiary/aromatic N) is 4. The average molecular weight is 462 g/mol. The van der Waals surface area contributed by atoms with Gasteiger partial charge in [-0.1, -0.05) is 15.9 Å². The van der Waals surface area contributed by atoms with Crippen LogP contribution in [0.5, 0.6) is 0 Å². The Balaban J connectivity index is 1.30. The lowest BCUT2D eigenvalue weighted by molar-refractivity contribution is 0.102. The van der Waals surface area contributed by atoms with Crippen LogP contribution in [0.15, 0.2) is 71.6 Å². The van der Waals surface area contributed by atoms with Crippen LogP contribution in [0.25, 0.3) is 17.1 Å². The lowest BCUT2D eigenvalue weighted by Crippen LogP contribution is -2.11. The summed E-state index contributed by atoms with van der Waals surface area (Å²) in [5.74, 6) is 0.808. The van der Waals surface area contributed by atoms with Crippen molar-refractivity contribution in [3.05, 3.63) is 82.9 Å². The summed E-state index contributed by atoms with van der Waals surface area (Å²) in [6.45, 7) is 1.02. The number of nitrogens with one attached hydrogen (secondary N) is 1. The fraction of sp³-hybridized carbons (Fsp3) is 0.174. The third kappa shape index (κ3) is 3.68. The lowest BCUT2D eigenvalue weighted by Gasteiger charge is -2.16. The van der Waals surface area contributed by atoms with Gasteiger partial charge in [-0.25, -0.2) is 9.67 Å². The van der Waals surface area contributed by atoms with Gasteiger partial charge in [0, 0.05) is 40.4 Å². The normalized spacial score (nSPS) is 13.1. The number of hydrogen-bond acceptors (Lipinski definition) is 3. The predicted molar refractivity (Wildman–Crippen MR) is 120 cm³/mol. The molecule has 1 amide bonds. The zero-order valence-corrected chi connectivity index (χ0v) is 17.8. The van der Waals surface area contributed by atoms with Gasteiger partial charge in [0.2, 0.25) is 0 Å². The first-order valence-corrected chi connectivity index (χ1v) is 10.7. The molecule has 150 valence electrons. The monoisotopic (exact) mass is 461 g/mol. The lowest BCUT2D eigenvalue weighted by atomic mass is 10.1. The summed E-state index contributed by atoms with van der Waals surface area (Å²) in [7, 11) is 0. The number of carbonyl (C=O) groups is 1. The van der Waals surface area contributed by atoms with Crippen LogP contribution in [0.2, 0.25) is 0 Å². The average Bonchev–Trinajstić information content (AvgIpc) is 3.43. The number of aromatic nitrogens is 4. The van der Waals surface area contributed by atoms with Crippen LogP contribution < -0.4 is 5.32 Å². The Labute approximate surface area is 182 Å². The molecule has 0 saturated carbocycles. The van der Waals surface area contributed by atoms with Gasteiger partial charge in [-0.3, -0.25) is 4.79 Å². The Morgan fingerprint density at radius 2 is 1.80 bits per heavy atom. The van der Waals surface area contributed by atoms with Crippen LogP contribution in [0.3, 0.4) is 0 Å². The summed E-state index contributed by atoms with van der Waals surface area (Å²) >= 11 is 3.42. The molecule has 0 unspecified atom stereocenters. The van der Waals surface area contributed by atoms with Gasteiger partial charge in [0.25, 0.3) is 5.91 Å². The number of amides is 1. The van der Waals surface area contributed by atoms with Gasteiger partial charge in [0.1, 0.15) is 5.82 Å². The summed E-state index contributed by atoms with van der Waals surface area (Å²) in [4.78, 5) is 17.2. The molecule has 0 atom stereocenters. The van der Waals surface area contributed by atoms with Crippen molar-refractivity contribution in [3.63, 3.8) is 0 Å². The number of anilines is 1. The number of imidazole rings is 1. The first-order chi connectivity index (χ1) is 14.7. The van der Waals surface area contributed by atoms with E-state index in [1.54, 1.807) is 17.1 Å². The largest absolute Gasteiger partial charge is 0.328 e. The molecular formula is C23H20BrN5O. The molecule has 1 aliphatic heterocycles. The second kappa shape index (κ2) is 7.91. The Bertz CT molecular complexity index is 1190. The molecule has 30 heavy (non-hydrogen) atoms. The number of carbonyl (C=O) groups excluding carboxylic acids is 1. The summed E-state index contributed by atoms with van der Waals surface area (Å²) in [5.41, 5.74) is 4.50. The van der Waals surface area contributed by atoms with Crippen LogP contribution >= 0.6 is 15.9 Å². The van der Waals surface area contributed by atoms with E-state index in [0.29, 0.717) is 5.56 Å². The quantitative estimate of drug-likeness (QED) is 0.460. The Kier molecular flexibility index (Phi) is 4.96. The molecule has 0 spiro atoms. The van der Waals surface area contributed by atoms with Crippen LogP contribution in [0, 0.1) is 0 Å². The molecule has 7 heteroatoms. The van der Waals surface area contributed by atoms with E-state index in [1.165, 1.54) is 18.5 Å². The molecule has 3 heterocycles. The number of benzene rings is 2. The van der Waals surface area contributed by atoms with Crippen molar-refractivity contribution in [1.82, 2.24) is 19.3 Å². The van der Waals surface area contributed by atoms with Gasteiger partial charge in [0.15, 0.2) is 0 Å². The first-order valence-electron chi connectivity index (χ1n) is 9.94. The third-order valence-corrected chi connectivity index (χ3v) is 5.87. The van der Waals surface area contributed by atoms with E-state index in [1.807, 2.05) is 54.7 Å². The standard InChI is InChI=1S/C23H20BrN5O/c24-18-6-10-20(11-7-18)29-15-17(13-26-29)23(30)27-19-8-4-16(5-9-19)22-25-14-21-3-1-2-12-28(21)22/h4-11,13-15H,1-3,12H2,(H,27,30). The van der Waals surface area contributed by atoms with E-state index in [2.05, 4.69) is 35.9 Å². The molecule has 0 fully saturated rings. The highest BCUT2D eigenvalue weighted by Crippen LogP contribution is 2.25. The van der Waals surface area contributed by atoms with Crippen LogP contribution in [0.4, 0.5) is 5.69 Å². The fourth-order valence-corrected chi connectivity index (χ4v) is 4.01. The smallest absolute Gasteiger partial charge is 0.258 e. The molecule has 0 aliphatic carbocycles. The zero-order chi connectivity index (χ0) is 20.5. The highest BCUT2D eigenvalue weighted by atomic mass is 79.9. The molecule has 0 saturated heterocycles. The number of halogens is 1. The van der Waals surface area contributed by atoms with E-state index in [9.17, 15) is 4.79 Å². The van der Waals surface area contributed by atoms with Gasteiger partial charge in [-0.15, -0.1) is 0 Å². The van der Waals surface area contributed by atoms with Gasteiger partial charge in [-0.05, 0) is 67.8 Å². The van der Waals surface area contributed by atoms with Crippen molar-refractivity contribution in [2.45, 2.75) is 25.8 Å². The summed E-state index contributed by atoms with van der Waals surface area (Å²) in [6.07, 6.45) is 8.79.